The van der Waals surface area contributed by atoms with E-state index in [1.807, 2.05) is 0 Å². The molecule has 0 amide bonds. The Hall–Kier alpha value is 71.3. The van der Waals surface area contributed by atoms with E-state index in [4.69, 9.17) is 38.6 Å². The van der Waals surface area contributed by atoms with E-state index in [2.05, 4.69) is 18.9 Å². The number of hydrogen-bond donors (Lipinski definition) is 8. The third-order valence-electron chi connectivity index (χ3n) is 2.88. The van der Waals surface area contributed by atoms with Crippen molar-refractivity contribution in [3.05, 3.63) is 0 Å². The van der Waals surface area contributed by atoms with Gasteiger partial charge in [-0.25, -0.2) is 0 Å². The van der Waals surface area contributed by atoms with Crippen LogP contribution in [0, 0.1) is 0 Å². The van der Waals surface area contributed by atoms with Crippen LogP contribution >= 0.6 is 0 Å². The Morgan fingerprint density at radius 2 is 0.179 bits per heavy atom. The fraction of sp³-hybridized carbons (Fsp3) is 1.00. The monoisotopic (exact) mass is 2340 g/mol. The van der Waals surface area contributed by atoms with Crippen LogP contribution in [0.1, 0.15) is 0 Å². The van der Waals surface area contributed by atoms with Gasteiger partial charge in [0.1, 0.15) is 0 Å². The molecule has 0 unspecified atom stereocenters. The fourth-order valence-corrected chi connectivity index (χ4v) is 2.64. The normalized spacial score (nSPS) is 4.21. The average molecular weight is 2340 g/mol. The number of aliphatic hydroxyl groups excluding tert-OH is 4. The van der Waals surface area contributed by atoms with E-state index < -0.39 is 63.5 Å². The van der Waals surface area contributed by atoms with Gasteiger partial charge in [-0.15, -0.1) is 0 Å². The molecule has 0 atom stereocenters. The minimum absolute atomic E-state index is 0. The Morgan fingerprint density at radius 3 is 0.214 bits per heavy atom. The van der Waals surface area contributed by atoms with E-state index in [-0.39, 0.29) is 2210 Å². The van der Waals surface area contributed by atoms with Gasteiger partial charge >= 0.3 is 2130 Å². The summed E-state index contributed by atoms with van der Waals surface area (Å²) in [5.74, 6) is -1.69. The molecule has 96 heteroatoms. The summed E-state index contributed by atoms with van der Waals surface area (Å²) in [6.45, 7) is -0.554. The SMILES string of the molecule is O=S(=O)(O)CCOCCO.O=S(=O)(O)CCOCCO.O=S(=O)(O)CCOCCO.O=S(=O)(O)CCOCCO.[Na+].[Na+].[Na+].[Na+].[Na+].[Na+].[Na+].[Na+].[Na+].[Na+].[Na+].[Na+].[Na+].[Na+].[Na+].[Na+].[Na+].[Na+].[Na+].[Na+].[Na+].[Na+].[Na+].[Na+].[Na+].[Na+].[Na+].[Na+].[Na+].[Na+].[Na+].[Na+].[Na+].[Na+].[Na+].[Na+].[Na+].[Na+].[Na+].[Na+].[Na+].[Na+].[Na+].[Na+].[Na+].[Na+].[Na+].[Na+].[Na+].[Na+].[Na+].[Na+].[Na+].[Na+].[Na+].[Na+].[Na+].[Na+].[Na+].[Na+].[Na+].[Na+].[Na+].[Na+].[Na+].[Na+].[Na+].[Na+].[Na+].[Na+].[Na+].[Na+]. The van der Waals surface area contributed by atoms with Gasteiger partial charge in [-0.3, -0.25) is 18.2 Å². The molecular formula is C16H40Na72O20S4+72. The minimum atomic E-state index is -3.91. The predicted octanol–water partition coefficient (Wildman–Crippen LogP) is -220. The van der Waals surface area contributed by atoms with Crippen LogP contribution in [-0.4, -0.2) is 175 Å². The zero-order valence-electron chi connectivity index (χ0n) is 93.4. The quantitative estimate of drug-likeness (QED) is 0.0319. The van der Waals surface area contributed by atoms with Crippen molar-refractivity contribution in [2.75, 3.05) is 102 Å². The van der Waals surface area contributed by atoms with Gasteiger partial charge in [0.05, 0.1) is 102 Å². The smallest absolute Gasteiger partial charge is 0.394 e. The number of hydrogen-bond acceptors (Lipinski definition) is 16. The van der Waals surface area contributed by atoms with Gasteiger partial charge < -0.3 is 39.4 Å². The van der Waals surface area contributed by atoms with E-state index in [1.165, 1.54) is 0 Å². The predicted molar refractivity (Wildman–Crippen MR) is 137 cm³/mol. The van der Waals surface area contributed by atoms with Crippen LogP contribution in [0.25, 0.3) is 0 Å². The molecule has 0 saturated carbocycles. The van der Waals surface area contributed by atoms with Gasteiger partial charge in [0.2, 0.25) is 0 Å². The summed E-state index contributed by atoms with van der Waals surface area (Å²) in [6, 6.07) is 0. The number of rotatable bonds is 20. The minimum Gasteiger partial charge on any atom is -0.394 e. The first-order chi connectivity index (χ1) is 18.2. The summed E-state index contributed by atoms with van der Waals surface area (Å²) in [4.78, 5) is 0. The summed E-state index contributed by atoms with van der Waals surface area (Å²) in [7, 11) is -15.6. The molecule has 0 heterocycles. The van der Waals surface area contributed by atoms with Crippen molar-refractivity contribution in [2.45, 2.75) is 0 Å². The fourth-order valence-electron chi connectivity index (χ4n) is 1.32. The zero-order chi connectivity index (χ0) is 32.1. The van der Waals surface area contributed by atoms with Crippen LogP contribution in [0.15, 0.2) is 0 Å². The van der Waals surface area contributed by atoms with Gasteiger partial charge in [-0.2, -0.15) is 33.7 Å². The Balaban J connectivity index is -0.00000000172. The van der Waals surface area contributed by atoms with Crippen LogP contribution < -0.4 is 2130 Å². The Bertz CT molecular complexity index is 907. The molecule has 0 aliphatic carbocycles. The van der Waals surface area contributed by atoms with Crippen molar-refractivity contribution in [1.82, 2.24) is 0 Å². The van der Waals surface area contributed by atoms with Crippen molar-refractivity contribution in [3.8, 4) is 0 Å². The molecule has 0 bridgehead atoms. The summed E-state index contributed by atoms with van der Waals surface area (Å²) in [6.07, 6.45) is 0. The molecule has 0 spiro atoms. The van der Waals surface area contributed by atoms with Gasteiger partial charge in [0, 0.05) is 0 Å². The van der Waals surface area contributed by atoms with Gasteiger partial charge in [-0.1, -0.05) is 0 Å². The molecule has 0 aliphatic rings. The maximum absolute atomic E-state index is 10.0. The van der Waals surface area contributed by atoms with Crippen LogP contribution in [-0.2, 0) is 59.4 Å². The number of aliphatic hydroxyl groups is 4. The van der Waals surface area contributed by atoms with Gasteiger partial charge in [-0.05, 0) is 0 Å². The molecule has 0 radical (unpaired) electrons. The van der Waals surface area contributed by atoms with Crippen molar-refractivity contribution in [2.24, 2.45) is 0 Å². The van der Waals surface area contributed by atoms with Gasteiger partial charge in [0.15, 0.2) is 0 Å². The molecule has 0 fully saturated rings. The third kappa shape index (κ3) is 598. The zero-order valence-corrected chi connectivity index (χ0v) is 241. The molecule has 0 rings (SSSR count). The van der Waals surface area contributed by atoms with Crippen LogP contribution in [0.2, 0.25) is 0 Å². The number of ether oxygens (including phenoxy) is 4. The first-order valence-electron chi connectivity index (χ1n) is 10.8. The molecule has 0 saturated heterocycles. The second-order valence-electron chi connectivity index (χ2n) is 6.49. The third-order valence-corrected chi connectivity index (χ3v) is 5.62. The largest absolute Gasteiger partial charge is 1.00 e. The Kier molecular flexibility index (Phi) is 2130. The van der Waals surface area contributed by atoms with E-state index in [0.717, 1.165) is 0 Å². The summed E-state index contributed by atoms with van der Waals surface area (Å²) < 4.78 is 131. The van der Waals surface area contributed by atoms with E-state index >= 15 is 0 Å². The summed E-state index contributed by atoms with van der Waals surface area (Å²) in [5, 5.41) is 32.6. The first kappa shape index (κ1) is 529. The first-order valence-corrected chi connectivity index (χ1v) is 17.2. The van der Waals surface area contributed by atoms with Crippen LogP contribution in [0.4, 0.5) is 0 Å². The molecular weight excluding hydrogens is 2300 g/mol. The van der Waals surface area contributed by atoms with E-state index in [9.17, 15) is 33.7 Å². The molecule has 0 aromatic rings. The molecule has 248 valence electrons. The maximum atomic E-state index is 10.0. The molecule has 0 aliphatic heterocycles. The van der Waals surface area contributed by atoms with Crippen molar-refractivity contribution in [1.29, 1.82) is 0 Å². The molecule has 0 aromatic heterocycles. The van der Waals surface area contributed by atoms with Gasteiger partial charge in [0.25, 0.3) is 40.5 Å². The van der Waals surface area contributed by atoms with Crippen LogP contribution in [0.3, 0.4) is 0 Å². The summed E-state index contributed by atoms with van der Waals surface area (Å²) in [5.41, 5.74) is 0. The second-order valence-corrected chi connectivity index (χ2v) is 12.8. The van der Waals surface area contributed by atoms with Crippen molar-refractivity contribution < 1.29 is 2220 Å². The molecule has 20 nitrogen and oxygen atoms in total. The summed E-state index contributed by atoms with van der Waals surface area (Å²) >= 11 is 0. The Labute approximate surface area is 2280 Å². The van der Waals surface area contributed by atoms with Crippen molar-refractivity contribution in [3.63, 3.8) is 0 Å². The van der Waals surface area contributed by atoms with Crippen LogP contribution in [0.5, 0.6) is 0 Å². The van der Waals surface area contributed by atoms with E-state index in [0.29, 0.717) is 0 Å². The molecule has 8 N–H and O–H groups in total. The maximum Gasteiger partial charge on any atom is 1.00 e. The standard InChI is InChI=1S/4C4H10O5S.72Na/c4*5-1-2-9-3-4-10(6,7)8;;;;;;;;;;;;;;;;;;;;;;;;;;;;;;;;;;;;;;;;;;;;;;;;;;;;;;;;;;;;;;;;;;;;;;;;/h4*5H,1-4H2,(H,6,7,8);;;;;;;;;;;;;;;;;;;;;;;;;;;;;;;;;;;;;;;;;;;;;;;;;;;;;;;;;;;;;;;;;;;;;;;;/q;;;;72*+1. The van der Waals surface area contributed by atoms with Crippen molar-refractivity contribution >= 4 is 40.5 Å². The molecule has 0 aromatic carbocycles. The van der Waals surface area contributed by atoms with E-state index in [1.54, 1.807) is 0 Å². The Morgan fingerprint density at radius 1 is 0.125 bits per heavy atom. The topological polar surface area (TPSA) is 335 Å². The molecule has 112 heavy (non-hydrogen) atoms. The average Bonchev–Trinajstić information content (AvgIpc) is 2.79. The second kappa shape index (κ2) is 451.